The van der Waals surface area contributed by atoms with E-state index in [0.29, 0.717) is 0 Å². The number of ether oxygens (including phenoxy) is 2. The van der Waals surface area contributed by atoms with Gasteiger partial charge in [0.25, 0.3) is 0 Å². The van der Waals surface area contributed by atoms with Crippen molar-refractivity contribution >= 4 is 11.8 Å². The molecule has 0 aliphatic heterocycles. The van der Waals surface area contributed by atoms with Crippen molar-refractivity contribution in [2.24, 2.45) is 0 Å². The Bertz CT molecular complexity index is 646. The summed E-state index contributed by atoms with van der Waals surface area (Å²) in [6.45, 7) is -2.93. The van der Waals surface area contributed by atoms with Gasteiger partial charge in [-0.05, 0) is 36.4 Å². The van der Waals surface area contributed by atoms with E-state index in [-0.39, 0.29) is 22.8 Å². The molecule has 0 unspecified atom stereocenters. The molecule has 2 rings (SSSR count). The predicted molar refractivity (Wildman–Crippen MR) is 66.6 cm³/mol. The number of hydrogen-bond acceptors (Lipinski definition) is 5. The van der Waals surface area contributed by atoms with Crippen LogP contribution in [0.5, 0.6) is 5.75 Å². The maximum absolute atomic E-state index is 12.1. The van der Waals surface area contributed by atoms with Crippen LogP contribution < -0.4 is 4.74 Å². The van der Waals surface area contributed by atoms with Gasteiger partial charge in [-0.3, -0.25) is 4.79 Å². The summed E-state index contributed by atoms with van der Waals surface area (Å²) in [5, 5.41) is 0. The van der Waals surface area contributed by atoms with E-state index in [9.17, 15) is 18.4 Å². The molecule has 1 aromatic heterocycles. The second kappa shape index (κ2) is 6.17. The van der Waals surface area contributed by atoms with Crippen molar-refractivity contribution < 1.29 is 32.3 Å². The topological polar surface area (TPSA) is 65.7 Å². The number of halogens is 2. The molecule has 0 aliphatic rings. The smallest absolute Gasteiger partial charge is 0.387 e. The summed E-state index contributed by atoms with van der Waals surface area (Å²) >= 11 is 0. The zero-order valence-electron chi connectivity index (χ0n) is 10.8. The fraction of sp³-hybridized carbons (Fsp3) is 0.143. The van der Waals surface area contributed by atoms with E-state index in [1.807, 2.05) is 0 Å². The van der Waals surface area contributed by atoms with Crippen LogP contribution in [0.3, 0.4) is 0 Å². The van der Waals surface area contributed by atoms with Crippen molar-refractivity contribution in [2.75, 3.05) is 7.11 Å². The SMILES string of the molecule is COC(=O)c1ccc(C(=O)c2ccc(OC(F)F)cc2)o1. The van der Waals surface area contributed by atoms with Gasteiger partial charge in [-0.1, -0.05) is 0 Å². The van der Waals surface area contributed by atoms with Crippen LogP contribution >= 0.6 is 0 Å². The summed E-state index contributed by atoms with van der Waals surface area (Å²) in [5.74, 6) is -1.41. The maximum atomic E-state index is 12.1. The van der Waals surface area contributed by atoms with Crippen LogP contribution in [-0.2, 0) is 4.74 Å². The van der Waals surface area contributed by atoms with Gasteiger partial charge in [0.2, 0.25) is 11.5 Å². The van der Waals surface area contributed by atoms with Gasteiger partial charge in [-0.15, -0.1) is 0 Å². The summed E-state index contributed by atoms with van der Waals surface area (Å²) in [5.41, 5.74) is 0.211. The lowest BCUT2D eigenvalue weighted by molar-refractivity contribution is -0.0498. The van der Waals surface area contributed by atoms with Gasteiger partial charge in [-0.25, -0.2) is 4.79 Å². The highest BCUT2D eigenvalue weighted by molar-refractivity contribution is 6.07. The maximum Gasteiger partial charge on any atom is 0.387 e. The molecule has 1 heterocycles. The average molecular weight is 296 g/mol. The Kier molecular flexibility index (Phi) is 4.32. The standard InChI is InChI=1S/C14H10F2O5/c1-19-13(18)11-7-6-10(21-11)12(17)8-2-4-9(5-3-8)20-14(15)16/h2-7,14H,1H3. The highest BCUT2D eigenvalue weighted by Gasteiger charge is 2.17. The van der Waals surface area contributed by atoms with Crippen molar-refractivity contribution in [1.29, 1.82) is 0 Å². The molecular weight excluding hydrogens is 286 g/mol. The first-order valence-electron chi connectivity index (χ1n) is 5.79. The third-order valence-corrected chi connectivity index (χ3v) is 2.56. The lowest BCUT2D eigenvalue weighted by Crippen LogP contribution is -2.03. The summed E-state index contributed by atoms with van der Waals surface area (Å²) < 4.78 is 37.7. The second-order valence-corrected chi connectivity index (χ2v) is 3.89. The van der Waals surface area contributed by atoms with Gasteiger partial charge < -0.3 is 13.9 Å². The van der Waals surface area contributed by atoms with Crippen LogP contribution in [0.4, 0.5) is 8.78 Å². The third-order valence-electron chi connectivity index (χ3n) is 2.56. The fourth-order valence-corrected chi connectivity index (χ4v) is 1.60. The molecule has 0 aliphatic carbocycles. The van der Waals surface area contributed by atoms with E-state index in [0.717, 1.165) is 0 Å². The molecule has 0 amide bonds. The van der Waals surface area contributed by atoms with Crippen LogP contribution in [0.15, 0.2) is 40.8 Å². The molecule has 0 radical (unpaired) electrons. The van der Waals surface area contributed by atoms with Gasteiger partial charge in [0.05, 0.1) is 7.11 Å². The highest BCUT2D eigenvalue weighted by Crippen LogP contribution is 2.18. The van der Waals surface area contributed by atoms with E-state index >= 15 is 0 Å². The minimum absolute atomic E-state index is 0.0575. The summed E-state index contributed by atoms with van der Waals surface area (Å²) in [6, 6.07) is 7.76. The van der Waals surface area contributed by atoms with Crippen LogP contribution in [-0.4, -0.2) is 25.5 Å². The molecule has 0 atom stereocenters. The quantitative estimate of drug-likeness (QED) is 0.627. The lowest BCUT2D eigenvalue weighted by atomic mass is 10.1. The largest absolute Gasteiger partial charge is 0.463 e. The van der Waals surface area contributed by atoms with Crippen LogP contribution in [0, 0.1) is 0 Å². The van der Waals surface area contributed by atoms with E-state index in [1.54, 1.807) is 0 Å². The first-order chi connectivity index (χ1) is 10.0. The van der Waals surface area contributed by atoms with Crippen molar-refractivity contribution in [1.82, 2.24) is 0 Å². The van der Waals surface area contributed by atoms with Crippen molar-refractivity contribution in [3.05, 3.63) is 53.5 Å². The Morgan fingerprint density at radius 2 is 1.67 bits per heavy atom. The molecule has 0 saturated heterocycles. The molecule has 7 heteroatoms. The fourth-order valence-electron chi connectivity index (χ4n) is 1.60. The number of ketones is 1. The van der Waals surface area contributed by atoms with Crippen LogP contribution in [0.2, 0.25) is 0 Å². The Morgan fingerprint density at radius 3 is 2.24 bits per heavy atom. The Hall–Kier alpha value is -2.70. The highest BCUT2D eigenvalue weighted by atomic mass is 19.3. The normalized spacial score (nSPS) is 10.5. The summed E-state index contributed by atoms with van der Waals surface area (Å²) in [6.07, 6.45) is 0. The Morgan fingerprint density at radius 1 is 1.05 bits per heavy atom. The Balaban J connectivity index is 2.16. The van der Waals surface area contributed by atoms with Gasteiger partial charge in [0.1, 0.15) is 5.75 Å². The molecule has 0 N–H and O–H groups in total. The first-order valence-corrected chi connectivity index (χ1v) is 5.79. The molecular formula is C14H10F2O5. The monoisotopic (exact) mass is 296 g/mol. The van der Waals surface area contributed by atoms with E-state index in [2.05, 4.69) is 9.47 Å². The van der Waals surface area contributed by atoms with E-state index in [4.69, 9.17) is 4.42 Å². The number of alkyl halides is 2. The molecule has 110 valence electrons. The zero-order valence-corrected chi connectivity index (χ0v) is 10.8. The molecule has 2 aromatic rings. The second-order valence-electron chi connectivity index (χ2n) is 3.89. The Labute approximate surface area is 118 Å². The van der Waals surface area contributed by atoms with Crippen molar-refractivity contribution in [3.63, 3.8) is 0 Å². The number of esters is 1. The zero-order chi connectivity index (χ0) is 15.4. The van der Waals surface area contributed by atoms with Crippen LogP contribution in [0.25, 0.3) is 0 Å². The molecule has 5 nitrogen and oxygen atoms in total. The lowest BCUT2D eigenvalue weighted by Gasteiger charge is -2.04. The van der Waals surface area contributed by atoms with Crippen LogP contribution in [0.1, 0.15) is 26.7 Å². The number of benzene rings is 1. The minimum Gasteiger partial charge on any atom is -0.463 e. The number of carbonyl (C=O) groups excluding carboxylic acids is 2. The summed E-state index contributed by atoms with van der Waals surface area (Å²) in [4.78, 5) is 23.3. The van der Waals surface area contributed by atoms with Gasteiger partial charge in [0.15, 0.2) is 5.76 Å². The number of hydrogen-bond donors (Lipinski definition) is 0. The van der Waals surface area contributed by atoms with Gasteiger partial charge in [-0.2, -0.15) is 8.78 Å². The number of carbonyl (C=O) groups is 2. The molecule has 0 fully saturated rings. The molecule has 0 bridgehead atoms. The van der Waals surface area contributed by atoms with Crippen molar-refractivity contribution in [2.45, 2.75) is 6.61 Å². The van der Waals surface area contributed by atoms with E-state index in [1.165, 1.54) is 43.5 Å². The minimum atomic E-state index is -2.93. The van der Waals surface area contributed by atoms with Gasteiger partial charge in [0, 0.05) is 5.56 Å². The van der Waals surface area contributed by atoms with Crippen molar-refractivity contribution in [3.8, 4) is 5.75 Å². The molecule has 1 aromatic carbocycles. The predicted octanol–water partition coefficient (Wildman–Crippen LogP) is 2.90. The molecule has 21 heavy (non-hydrogen) atoms. The number of rotatable bonds is 5. The summed E-state index contributed by atoms with van der Waals surface area (Å²) in [7, 11) is 1.19. The first kappa shape index (κ1) is 14.7. The van der Waals surface area contributed by atoms with E-state index < -0.39 is 18.4 Å². The third kappa shape index (κ3) is 3.44. The van der Waals surface area contributed by atoms with Gasteiger partial charge >= 0.3 is 12.6 Å². The molecule has 0 spiro atoms. The molecule has 0 saturated carbocycles. The number of furan rings is 1. The number of methoxy groups -OCH3 is 1. The average Bonchev–Trinajstić information content (AvgIpc) is 2.95.